The van der Waals surface area contributed by atoms with Crippen LogP contribution in [0.5, 0.6) is 0 Å². The van der Waals surface area contributed by atoms with Gasteiger partial charge < -0.3 is 5.32 Å². The lowest BCUT2D eigenvalue weighted by atomic mass is 10.1. The summed E-state index contributed by atoms with van der Waals surface area (Å²) in [5.74, 6) is -0.235. The Morgan fingerprint density at radius 3 is 2.50 bits per heavy atom. The fraction of sp³-hybridized carbons (Fsp3) is 0.0714. The first-order valence-electron chi connectivity index (χ1n) is 5.42. The van der Waals surface area contributed by atoms with Gasteiger partial charge in [-0.25, -0.2) is 0 Å². The zero-order valence-electron chi connectivity index (χ0n) is 9.44. The summed E-state index contributed by atoms with van der Waals surface area (Å²) in [7, 11) is 0. The van der Waals surface area contributed by atoms with Gasteiger partial charge >= 0.3 is 0 Å². The first kappa shape index (κ1) is 13.1. The Bertz CT molecular complexity index is 545. The molecular weight excluding hydrogens is 314 g/mol. The van der Waals surface area contributed by atoms with Crippen LogP contribution in [0, 0.1) is 0 Å². The summed E-state index contributed by atoms with van der Waals surface area (Å²) in [5, 5.41) is 2.09. The number of alkyl halides is 1. The van der Waals surface area contributed by atoms with Gasteiger partial charge in [0.15, 0.2) is 0 Å². The Balaban J connectivity index is 2.09. The molecule has 0 fully saturated rings. The standard InChI is InChI=1S/C14H11BrClNO/c15-11-7-4-8-12(9-11)17-14(18)13(16)10-5-2-1-3-6-10/h1-9,13H,(H,17,18). The number of benzene rings is 2. The molecule has 1 atom stereocenters. The molecule has 1 amide bonds. The van der Waals surface area contributed by atoms with Gasteiger partial charge in [-0.3, -0.25) is 4.79 Å². The van der Waals surface area contributed by atoms with E-state index in [1.165, 1.54) is 0 Å². The lowest BCUT2D eigenvalue weighted by molar-refractivity contribution is -0.116. The van der Waals surface area contributed by atoms with Gasteiger partial charge in [-0.1, -0.05) is 52.3 Å². The summed E-state index contributed by atoms with van der Waals surface area (Å²) >= 11 is 9.47. The summed E-state index contributed by atoms with van der Waals surface area (Å²) in [6.07, 6.45) is 0. The van der Waals surface area contributed by atoms with Crippen molar-refractivity contribution >= 4 is 39.1 Å². The van der Waals surface area contributed by atoms with E-state index >= 15 is 0 Å². The molecule has 0 saturated carbocycles. The van der Waals surface area contributed by atoms with E-state index in [4.69, 9.17) is 11.6 Å². The van der Waals surface area contributed by atoms with Gasteiger partial charge in [0.05, 0.1) is 0 Å². The van der Waals surface area contributed by atoms with E-state index in [2.05, 4.69) is 21.2 Å². The van der Waals surface area contributed by atoms with Gasteiger partial charge in [-0.05, 0) is 23.8 Å². The highest BCUT2D eigenvalue weighted by Crippen LogP contribution is 2.23. The van der Waals surface area contributed by atoms with Crippen LogP contribution in [0.25, 0.3) is 0 Å². The van der Waals surface area contributed by atoms with Crippen LogP contribution in [-0.2, 0) is 4.79 Å². The molecule has 0 spiro atoms. The van der Waals surface area contributed by atoms with Gasteiger partial charge in [-0.2, -0.15) is 0 Å². The highest BCUT2D eigenvalue weighted by Gasteiger charge is 2.17. The highest BCUT2D eigenvalue weighted by molar-refractivity contribution is 9.10. The second-order valence-electron chi connectivity index (χ2n) is 3.77. The van der Waals surface area contributed by atoms with Crippen LogP contribution in [0.2, 0.25) is 0 Å². The van der Waals surface area contributed by atoms with Crippen molar-refractivity contribution < 1.29 is 4.79 Å². The molecule has 0 aliphatic heterocycles. The minimum atomic E-state index is -0.690. The van der Waals surface area contributed by atoms with E-state index < -0.39 is 5.38 Å². The van der Waals surface area contributed by atoms with Crippen LogP contribution in [0.3, 0.4) is 0 Å². The largest absolute Gasteiger partial charge is 0.324 e. The summed E-state index contributed by atoms with van der Waals surface area (Å²) in [5.41, 5.74) is 1.50. The maximum absolute atomic E-state index is 12.0. The van der Waals surface area contributed by atoms with E-state index in [9.17, 15) is 4.79 Å². The molecule has 2 rings (SSSR count). The van der Waals surface area contributed by atoms with Crippen molar-refractivity contribution in [1.82, 2.24) is 0 Å². The molecule has 2 aromatic rings. The predicted molar refractivity (Wildman–Crippen MR) is 77.8 cm³/mol. The fourth-order valence-electron chi connectivity index (χ4n) is 1.55. The van der Waals surface area contributed by atoms with E-state index in [1.54, 1.807) is 0 Å². The number of nitrogens with one attached hydrogen (secondary N) is 1. The maximum Gasteiger partial charge on any atom is 0.246 e. The Kier molecular flexibility index (Phi) is 4.39. The molecule has 92 valence electrons. The second kappa shape index (κ2) is 6.03. The molecule has 0 saturated heterocycles. The summed E-state index contributed by atoms with van der Waals surface area (Å²) in [6.45, 7) is 0. The van der Waals surface area contributed by atoms with Gasteiger partial charge in [0.1, 0.15) is 5.38 Å². The zero-order valence-corrected chi connectivity index (χ0v) is 11.8. The number of hydrogen-bond acceptors (Lipinski definition) is 1. The average molecular weight is 325 g/mol. The fourth-order valence-corrected chi connectivity index (χ4v) is 2.14. The summed E-state index contributed by atoms with van der Waals surface area (Å²) < 4.78 is 0.908. The van der Waals surface area contributed by atoms with E-state index in [1.807, 2.05) is 54.6 Å². The normalized spacial score (nSPS) is 11.9. The minimum Gasteiger partial charge on any atom is -0.324 e. The molecule has 4 heteroatoms. The number of amides is 1. The van der Waals surface area contributed by atoms with Crippen LogP contribution in [-0.4, -0.2) is 5.91 Å². The van der Waals surface area contributed by atoms with Crippen LogP contribution in [0.4, 0.5) is 5.69 Å². The third kappa shape index (κ3) is 3.34. The SMILES string of the molecule is O=C(Nc1cccc(Br)c1)C(Cl)c1ccccc1. The first-order chi connectivity index (χ1) is 8.66. The van der Waals surface area contributed by atoms with Crippen molar-refractivity contribution in [3.8, 4) is 0 Å². The van der Waals surface area contributed by atoms with Crippen molar-refractivity contribution in [2.24, 2.45) is 0 Å². The van der Waals surface area contributed by atoms with E-state index in [0.717, 1.165) is 15.7 Å². The molecule has 18 heavy (non-hydrogen) atoms. The number of halogens is 2. The van der Waals surface area contributed by atoms with E-state index in [-0.39, 0.29) is 5.91 Å². The molecule has 0 aromatic heterocycles. The van der Waals surface area contributed by atoms with Crippen molar-refractivity contribution in [2.45, 2.75) is 5.38 Å². The van der Waals surface area contributed by atoms with Gasteiger partial charge in [0.2, 0.25) is 5.91 Å². The van der Waals surface area contributed by atoms with Crippen LogP contribution in [0.15, 0.2) is 59.1 Å². The third-order valence-electron chi connectivity index (χ3n) is 2.41. The lowest BCUT2D eigenvalue weighted by Crippen LogP contribution is -2.17. The molecule has 0 aliphatic rings. The highest BCUT2D eigenvalue weighted by atomic mass is 79.9. The lowest BCUT2D eigenvalue weighted by Gasteiger charge is -2.11. The smallest absolute Gasteiger partial charge is 0.246 e. The quantitative estimate of drug-likeness (QED) is 0.835. The van der Waals surface area contributed by atoms with Gasteiger partial charge in [-0.15, -0.1) is 11.6 Å². The molecule has 0 aliphatic carbocycles. The third-order valence-corrected chi connectivity index (χ3v) is 3.36. The molecule has 1 unspecified atom stereocenters. The Morgan fingerprint density at radius 1 is 1.11 bits per heavy atom. The number of carbonyl (C=O) groups excluding carboxylic acids is 1. The Hall–Kier alpha value is -1.32. The number of anilines is 1. The summed E-state index contributed by atoms with van der Waals surface area (Å²) in [4.78, 5) is 12.0. The van der Waals surface area contributed by atoms with Gasteiger partial charge in [0, 0.05) is 10.2 Å². The van der Waals surface area contributed by atoms with Crippen molar-refractivity contribution in [1.29, 1.82) is 0 Å². The van der Waals surface area contributed by atoms with Crippen LogP contribution in [0.1, 0.15) is 10.9 Å². The van der Waals surface area contributed by atoms with Crippen molar-refractivity contribution in [2.75, 3.05) is 5.32 Å². The molecular formula is C14H11BrClNO. The second-order valence-corrected chi connectivity index (χ2v) is 5.12. The Morgan fingerprint density at radius 2 is 1.83 bits per heavy atom. The zero-order chi connectivity index (χ0) is 13.0. The molecule has 2 aromatic carbocycles. The minimum absolute atomic E-state index is 0.235. The molecule has 0 bridgehead atoms. The topological polar surface area (TPSA) is 29.1 Å². The van der Waals surface area contributed by atoms with Crippen molar-refractivity contribution in [3.63, 3.8) is 0 Å². The number of carbonyl (C=O) groups is 1. The van der Waals surface area contributed by atoms with E-state index in [0.29, 0.717) is 0 Å². The van der Waals surface area contributed by atoms with Crippen LogP contribution >= 0.6 is 27.5 Å². The first-order valence-corrected chi connectivity index (χ1v) is 6.65. The molecule has 0 heterocycles. The summed E-state index contributed by atoms with van der Waals surface area (Å²) in [6, 6.07) is 16.7. The number of rotatable bonds is 3. The maximum atomic E-state index is 12.0. The van der Waals surface area contributed by atoms with Crippen molar-refractivity contribution in [3.05, 3.63) is 64.6 Å². The predicted octanol–water partition coefficient (Wildman–Crippen LogP) is 4.37. The molecule has 2 nitrogen and oxygen atoms in total. The Labute approximate surface area is 119 Å². The molecule has 1 N–H and O–H groups in total. The van der Waals surface area contributed by atoms with Crippen LogP contribution < -0.4 is 5.32 Å². The average Bonchev–Trinajstić information content (AvgIpc) is 2.39. The number of hydrogen-bond donors (Lipinski definition) is 1. The van der Waals surface area contributed by atoms with Gasteiger partial charge in [0.25, 0.3) is 0 Å². The monoisotopic (exact) mass is 323 g/mol. The molecule has 0 radical (unpaired) electrons.